The molecule has 0 bridgehead atoms. The third kappa shape index (κ3) is 3.35. The number of nitrogens with zero attached hydrogens (tertiary/aromatic N) is 2. The second kappa shape index (κ2) is 7.43. The van der Waals surface area contributed by atoms with Gasteiger partial charge < -0.3 is 10.1 Å². The third-order valence-corrected chi connectivity index (χ3v) is 5.23. The highest BCUT2D eigenvalue weighted by Gasteiger charge is 2.33. The predicted octanol–water partition coefficient (Wildman–Crippen LogP) is 2.14. The standard InChI is InChI=1S/C22H21N3O4/c1-24-20-19(21(27)25(2)22(24)28)16(12-18(26)23-20)15-10-6-7-11-17(15)29-13-14-8-4-3-5-9-14/h3-11,16H,12-13H2,1-2H3,(H,23,26)/t16-/m0/s1. The second-order valence-corrected chi connectivity index (χ2v) is 7.09. The van der Waals surface area contributed by atoms with E-state index >= 15 is 0 Å². The number of carbonyl (C=O) groups is 1. The molecule has 1 amide bonds. The van der Waals surface area contributed by atoms with Crippen LogP contribution in [-0.4, -0.2) is 15.0 Å². The highest BCUT2D eigenvalue weighted by Crippen LogP contribution is 2.38. The van der Waals surface area contributed by atoms with E-state index in [4.69, 9.17) is 4.74 Å². The molecule has 4 rings (SSSR count). The molecule has 1 N–H and O–H groups in total. The Labute approximate surface area is 167 Å². The van der Waals surface area contributed by atoms with Crippen molar-refractivity contribution in [3.63, 3.8) is 0 Å². The summed E-state index contributed by atoms with van der Waals surface area (Å²) in [6.45, 7) is 0.370. The summed E-state index contributed by atoms with van der Waals surface area (Å²) in [6, 6.07) is 17.2. The van der Waals surface area contributed by atoms with Gasteiger partial charge in [0.2, 0.25) is 5.91 Å². The Kier molecular flexibility index (Phi) is 4.80. The molecule has 3 aromatic rings. The topological polar surface area (TPSA) is 82.3 Å². The zero-order valence-corrected chi connectivity index (χ0v) is 16.2. The fraction of sp³-hybridized carbons (Fsp3) is 0.227. The van der Waals surface area contributed by atoms with E-state index < -0.39 is 17.2 Å². The maximum atomic E-state index is 12.9. The molecule has 148 valence electrons. The number of benzene rings is 2. The minimum Gasteiger partial charge on any atom is -0.489 e. The van der Waals surface area contributed by atoms with Crippen LogP contribution in [0.1, 0.15) is 29.0 Å². The number of fused-ring (bicyclic) bond motifs is 1. The molecule has 0 radical (unpaired) electrons. The Morgan fingerprint density at radius 3 is 2.41 bits per heavy atom. The van der Waals surface area contributed by atoms with Crippen LogP contribution in [0.4, 0.5) is 5.82 Å². The van der Waals surface area contributed by atoms with Crippen molar-refractivity contribution in [1.29, 1.82) is 0 Å². The quantitative estimate of drug-likeness (QED) is 0.739. The van der Waals surface area contributed by atoms with Gasteiger partial charge >= 0.3 is 5.69 Å². The molecule has 7 nitrogen and oxygen atoms in total. The van der Waals surface area contributed by atoms with Crippen molar-refractivity contribution in [2.24, 2.45) is 14.1 Å². The zero-order chi connectivity index (χ0) is 20.5. The van der Waals surface area contributed by atoms with Crippen molar-refractivity contribution in [3.8, 4) is 5.75 Å². The van der Waals surface area contributed by atoms with Crippen molar-refractivity contribution >= 4 is 11.7 Å². The number of amides is 1. The molecule has 1 aromatic heterocycles. The zero-order valence-electron chi connectivity index (χ0n) is 16.2. The summed E-state index contributed by atoms with van der Waals surface area (Å²) < 4.78 is 8.41. The van der Waals surface area contributed by atoms with Gasteiger partial charge in [0.1, 0.15) is 18.2 Å². The molecule has 29 heavy (non-hydrogen) atoms. The van der Waals surface area contributed by atoms with E-state index in [-0.39, 0.29) is 18.1 Å². The predicted molar refractivity (Wildman–Crippen MR) is 109 cm³/mol. The molecule has 0 aliphatic carbocycles. The number of anilines is 1. The minimum absolute atomic E-state index is 0.103. The van der Waals surface area contributed by atoms with Crippen LogP contribution in [0.2, 0.25) is 0 Å². The number of carbonyl (C=O) groups excluding carboxylic acids is 1. The Hall–Kier alpha value is -3.61. The Morgan fingerprint density at radius 1 is 0.966 bits per heavy atom. The molecular weight excluding hydrogens is 370 g/mol. The minimum atomic E-state index is -0.503. The van der Waals surface area contributed by atoms with Crippen molar-refractivity contribution < 1.29 is 9.53 Å². The normalized spacial score (nSPS) is 15.5. The Morgan fingerprint density at radius 2 is 1.66 bits per heavy atom. The molecule has 0 spiro atoms. The highest BCUT2D eigenvalue weighted by atomic mass is 16.5. The van der Waals surface area contributed by atoms with Crippen LogP contribution >= 0.6 is 0 Å². The first-order valence-corrected chi connectivity index (χ1v) is 9.32. The summed E-state index contributed by atoms with van der Waals surface area (Å²) in [7, 11) is 2.98. The van der Waals surface area contributed by atoms with Gasteiger partial charge in [0.05, 0.1) is 5.56 Å². The van der Waals surface area contributed by atoms with Crippen LogP contribution in [0.25, 0.3) is 0 Å². The molecule has 0 fully saturated rings. The highest BCUT2D eigenvalue weighted by molar-refractivity contribution is 5.94. The summed E-state index contributed by atoms with van der Waals surface area (Å²) in [5, 5.41) is 2.68. The first-order chi connectivity index (χ1) is 14.0. The number of rotatable bonds is 4. The summed E-state index contributed by atoms with van der Waals surface area (Å²) in [4.78, 5) is 37.6. The van der Waals surface area contributed by atoms with E-state index in [0.717, 1.165) is 15.7 Å². The van der Waals surface area contributed by atoms with Gasteiger partial charge in [-0.25, -0.2) is 4.79 Å². The lowest BCUT2D eigenvalue weighted by Crippen LogP contribution is -2.44. The van der Waals surface area contributed by atoms with E-state index in [1.165, 1.54) is 11.6 Å². The van der Waals surface area contributed by atoms with Crippen molar-refractivity contribution in [2.75, 3.05) is 5.32 Å². The molecule has 7 heteroatoms. The Balaban J connectivity index is 1.80. The van der Waals surface area contributed by atoms with E-state index in [0.29, 0.717) is 17.9 Å². The van der Waals surface area contributed by atoms with Gasteiger partial charge in [-0.15, -0.1) is 0 Å². The first kappa shape index (κ1) is 18.7. The average molecular weight is 391 g/mol. The first-order valence-electron chi connectivity index (χ1n) is 9.32. The number of ether oxygens (including phenoxy) is 1. The SMILES string of the molecule is Cn1c2c(c(=O)n(C)c1=O)[C@H](c1ccccc1OCc1ccccc1)CC(=O)N2. The molecule has 2 heterocycles. The van der Waals surface area contributed by atoms with Crippen LogP contribution in [-0.2, 0) is 25.5 Å². The number of nitrogens with one attached hydrogen (secondary N) is 1. The van der Waals surface area contributed by atoms with E-state index in [1.54, 1.807) is 7.05 Å². The summed E-state index contributed by atoms with van der Waals surface area (Å²) in [5.74, 6) is 0.106. The molecule has 1 aliphatic heterocycles. The van der Waals surface area contributed by atoms with Gasteiger partial charge in [-0.2, -0.15) is 0 Å². The Bertz CT molecular complexity index is 1190. The van der Waals surface area contributed by atoms with E-state index in [2.05, 4.69) is 5.32 Å². The van der Waals surface area contributed by atoms with Crippen LogP contribution < -0.4 is 21.3 Å². The van der Waals surface area contributed by atoms with Gasteiger partial charge in [0, 0.05) is 32.0 Å². The largest absolute Gasteiger partial charge is 0.489 e. The molecule has 1 atom stereocenters. The van der Waals surface area contributed by atoms with Crippen molar-refractivity contribution in [1.82, 2.24) is 9.13 Å². The van der Waals surface area contributed by atoms with Crippen molar-refractivity contribution in [3.05, 3.63) is 92.1 Å². The monoisotopic (exact) mass is 391 g/mol. The molecule has 0 saturated carbocycles. The average Bonchev–Trinajstić information content (AvgIpc) is 2.75. The molecule has 2 aromatic carbocycles. The van der Waals surface area contributed by atoms with Crippen LogP contribution in [0.5, 0.6) is 5.75 Å². The van der Waals surface area contributed by atoms with Crippen LogP contribution in [0.3, 0.4) is 0 Å². The van der Waals surface area contributed by atoms with E-state index in [9.17, 15) is 14.4 Å². The van der Waals surface area contributed by atoms with Gasteiger partial charge in [0.25, 0.3) is 5.56 Å². The summed E-state index contributed by atoms with van der Waals surface area (Å²) in [6.07, 6.45) is 0.103. The number of aromatic nitrogens is 2. The maximum Gasteiger partial charge on any atom is 0.332 e. The lowest BCUT2D eigenvalue weighted by molar-refractivity contribution is -0.116. The van der Waals surface area contributed by atoms with Crippen LogP contribution in [0, 0.1) is 0 Å². The number of para-hydroxylation sites is 1. The third-order valence-electron chi connectivity index (χ3n) is 5.23. The van der Waals surface area contributed by atoms with Gasteiger partial charge in [-0.3, -0.25) is 18.7 Å². The van der Waals surface area contributed by atoms with Crippen molar-refractivity contribution in [2.45, 2.75) is 18.9 Å². The van der Waals surface area contributed by atoms with Crippen LogP contribution in [0.15, 0.2) is 64.2 Å². The molecule has 1 aliphatic rings. The molecular formula is C22H21N3O4. The fourth-order valence-electron chi connectivity index (χ4n) is 3.71. The lowest BCUT2D eigenvalue weighted by Gasteiger charge is -2.28. The van der Waals surface area contributed by atoms with Gasteiger partial charge in [0.15, 0.2) is 0 Å². The lowest BCUT2D eigenvalue weighted by atomic mass is 9.86. The summed E-state index contributed by atoms with van der Waals surface area (Å²) >= 11 is 0. The summed E-state index contributed by atoms with van der Waals surface area (Å²) in [5.41, 5.74) is 1.26. The molecule has 0 unspecified atom stereocenters. The fourth-order valence-corrected chi connectivity index (χ4v) is 3.71. The molecule has 0 saturated heterocycles. The van der Waals surface area contributed by atoms with Gasteiger partial charge in [-0.1, -0.05) is 48.5 Å². The number of hydrogen-bond donors (Lipinski definition) is 1. The van der Waals surface area contributed by atoms with E-state index in [1.807, 2.05) is 54.6 Å². The maximum absolute atomic E-state index is 12.9. The van der Waals surface area contributed by atoms with Gasteiger partial charge in [-0.05, 0) is 11.6 Å². The number of hydrogen-bond acceptors (Lipinski definition) is 4. The smallest absolute Gasteiger partial charge is 0.332 e. The second-order valence-electron chi connectivity index (χ2n) is 7.09.